The fourth-order valence-electron chi connectivity index (χ4n) is 2.35. The van der Waals surface area contributed by atoms with Gasteiger partial charge in [0.15, 0.2) is 0 Å². The molecule has 2 rings (SSSR count). The maximum atomic E-state index is 6.21. The van der Waals surface area contributed by atoms with Gasteiger partial charge in [0.2, 0.25) is 0 Å². The third-order valence-corrected chi connectivity index (χ3v) is 3.82. The minimum absolute atomic E-state index is 0.369. The van der Waals surface area contributed by atoms with E-state index in [1.54, 1.807) is 0 Å². The molecule has 1 heterocycles. The second-order valence-corrected chi connectivity index (χ2v) is 5.18. The predicted molar refractivity (Wildman–Crippen MR) is 75.8 cm³/mol. The molecule has 0 aromatic heterocycles. The summed E-state index contributed by atoms with van der Waals surface area (Å²) in [5, 5.41) is 0.751. The zero-order valence-electron chi connectivity index (χ0n) is 10.9. The average Bonchev–Trinajstić information content (AvgIpc) is 2.85. The molecule has 0 saturated carbocycles. The van der Waals surface area contributed by atoms with Crippen molar-refractivity contribution in [3.8, 4) is 0 Å². The summed E-state index contributed by atoms with van der Waals surface area (Å²) in [5.41, 5.74) is 7.79. The van der Waals surface area contributed by atoms with Crippen LogP contribution in [0.1, 0.15) is 25.3 Å². The van der Waals surface area contributed by atoms with Gasteiger partial charge < -0.3 is 10.5 Å². The number of hydrogen-bond acceptors (Lipinski definition) is 3. The Morgan fingerprint density at radius 2 is 2.33 bits per heavy atom. The minimum atomic E-state index is 0.369. The molecule has 1 aromatic rings. The second kappa shape index (κ2) is 6.41. The summed E-state index contributed by atoms with van der Waals surface area (Å²) in [5.74, 6) is 0. The molecule has 4 heteroatoms. The van der Waals surface area contributed by atoms with Crippen molar-refractivity contribution >= 4 is 17.3 Å². The van der Waals surface area contributed by atoms with Gasteiger partial charge in [-0.05, 0) is 31.5 Å². The van der Waals surface area contributed by atoms with Gasteiger partial charge in [0.05, 0.1) is 6.10 Å². The van der Waals surface area contributed by atoms with Crippen molar-refractivity contribution in [3.63, 3.8) is 0 Å². The van der Waals surface area contributed by atoms with Gasteiger partial charge in [-0.15, -0.1) is 0 Å². The van der Waals surface area contributed by atoms with E-state index < -0.39 is 0 Å². The molecule has 1 saturated heterocycles. The Morgan fingerprint density at radius 3 is 2.94 bits per heavy atom. The second-order valence-electron chi connectivity index (χ2n) is 4.77. The molecule has 1 fully saturated rings. The van der Waals surface area contributed by atoms with Crippen molar-refractivity contribution in [1.82, 2.24) is 4.90 Å². The van der Waals surface area contributed by atoms with E-state index in [2.05, 4.69) is 11.8 Å². The third-order valence-electron chi connectivity index (χ3n) is 3.47. The van der Waals surface area contributed by atoms with Crippen LogP contribution < -0.4 is 5.73 Å². The molecule has 1 aromatic carbocycles. The van der Waals surface area contributed by atoms with Crippen LogP contribution in [0.2, 0.25) is 5.02 Å². The highest BCUT2D eigenvalue weighted by molar-refractivity contribution is 6.31. The van der Waals surface area contributed by atoms with Crippen molar-refractivity contribution in [1.29, 1.82) is 0 Å². The molecule has 2 N–H and O–H groups in total. The first-order chi connectivity index (χ1) is 8.70. The summed E-state index contributed by atoms with van der Waals surface area (Å²) in [7, 11) is 0. The van der Waals surface area contributed by atoms with Crippen molar-refractivity contribution in [3.05, 3.63) is 28.8 Å². The van der Waals surface area contributed by atoms with Crippen LogP contribution in [0.15, 0.2) is 18.2 Å². The molecule has 0 bridgehead atoms. The maximum absolute atomic E-state index is 6.21. The van der Waals surface area contributed by atoms with Crippen LogP contribution in [0.3, 0.4) is 0 Å². The molecule has 1 unspecified atom stereocenters. The number of rotatable bonds is 5. The number of benzene rings is 1. The molecule has 0 aliphatic carbocycles. The number of halogens is 1. The van der Waals surface area contributed by atoms with E-state index in [4.69, 9.17) is 22.1 Å². The van der Waals surface area contributed by atoms with Crippen molar-refractivity contribution in [2.75, 3.05) is 25.4 Å². The van der Waals surface area contributed by atoms with Crippen LogP contribution in [-0.4, -0.2) is 30.7 Å². The van der Waals surface area contributed by atoms with Gasteiger partial charge in [0.1, 0.15) is 0 Å². The van der Waals surface area contributed by atoms with E-state index in [1.807, 2.05) is 18.2 Å². The highest BCUT2D eigenvalue weighted by Crippen LogP contribution is 2.24. The standard InChI is InChI=1S/C14H21ClN2O/c1-2-17(9-11-5-4-8-18-11)10-12-13(15)6-3-7-14(12)16/h3,6-7,11H,2,4-5,8-10,16H2,1H3. The number of nitrogens with zero attached hydrogens (tertiary/aromatic N) is 1. The first kappa shape index (κ1) is 13.7. The van der Waals surface area contributed by atoms with Gasteiger partial charge >= 0.3 is 0 Å². The summed E-state index contributed by atoms with van der Waals surface area (Å²) in [6.07, 6.45) is 2.71. The first-order valence-corrected chi connectivity index (χ1v) is 6.95. The number of ether oxygens (including phenoxy) is 1. The minimum Gasteiger partial charge on any atom is -0.398 e. The lowest BCUT2D eigenvalue weighted by molar-refractivity contribution is 0.0725. The predicted octanol–water partition coefficient (Wildman–Crippen LogP) is 2.92. The van der Waals surface area contributed by atoms with Gasteiger partial charge in [0, 0.05) is 36.0 Å². The van der Waals surface area contributed by atoms with Gasteiger partial charge in [-0.3, -0.25) is 4.90 Å². The zero-order valence-corrected chi connectivity index (χ0v) is 11.6. The Hall–Kier alpha value is -0.770. The quantitative estimate of drug-likeness (QED) is 0.835. The molecule has 0 radical (unpaired) electrons. The summed E-state index contributed by atoms with van der Waals surface area (Å²) < 4.78 is 5.68. The highest BCUT2D eigenvalue weighted by atomic mass is 35.5. The third kappa shape index (κ3) is 3.37. The van der Waals surface area contributed by atoms with Gasteiger partial charge in [-0.2, -0.15) is 0 Å². The first-order valence-electron chi connectivity index (χ1n) is 6.57. The molecule has 1 aliphatic rings. The molecule has 100 valence electrons. The lowest BCUT2D eigenvalue weighted by atomic mass is 10.1. The Kier molecular flexibility index (Phi) is 4.87. The van der Waals surface area contributed by atoms with Crippen LogP contribution in [-0.2, 0) is 11.3 Å². The van der Waals surface area contributed by atoms with Crippen LogP contribution in [0.5, 0.6) is 0 Å². The Labute approximate surface area is 114 Å². The molecule has 1 atom stereocenters. The molecule has 0 spiro atoms. The fraction of sp³-hybridized carbons (Fsp3) is 0.571. The van der Waals surface area contributed by atoms with Crippen LogP contribution in [0, 0.1) is 0 Å². The largest absolute Gasteiger partial charge is 0.398 e. The molecule has 18 heavy (non-hydrogen) atoms. The van der Waals surface area contributed by atoms with Crippen LogP contribution in [0.4, 0.5) is 5.69 Å². The van der Waals surface area contributed by atoms with Crippen molar-refractivity contribution in [2.45, 2.75) is 32.4 Å². The molecule has 1 aliphatic heterocycles. The van der Waals surface area contributed by atoms with E-state index in [1.165, 1.54) is 6.42 Å². The number of anilines is 1. The van der Waals surface area contributed by atoms with Gasteiger partial charge in [0.25, 0.3) is 0 Å². The van der Waals surface area contributed by atoms with E-state index in [9.17, 15) is 0 Å². The Balaban J connectivity index is 2.00. The van der Waals surface area contributed by atoms with E-state index >= 15 is 0 Å². The highest BCUT2D eigenvalue weighted by Gasteiger charge is 2.19. The Bertz CT molecular complexity index is 371. The number of likely N-dealkylation sites (N-methyl/N-ethyl adjacent to an activating group) is 1. The number of nitrogen functional groups attached to an aromatic ring is 1. The summed E-state index contributed by atoms with van der Waals surface area (Å²) >= 11 is 6.21. The van der Waals surface area contributed by atoms with Crippen LogP contribution >= 0.6 is 11.6 Å². The van der Waals surface area contributed by atoms with Gasteiger partial charge in [-0.25, -0.2) is 0 Å². The number of nitrogens with two attached hydrogens (primary N) is 1. The van der Waals surface area contributed by atoms with Gasteiger partial charge in [-0.1, -0.05) is 24.6 Å². The summed E-state index contributed by atoms with van der Waals surface area (Å²) in [4.78, 5) is 2.34. The lowest BCUT2D eigenvalue weighted by Gasteiger charge is -2.24. The molecule has 3 nitrogen and oxygen atoms in total. The SMILES string of the molecule is CCN(Cc1c(N)cccc1Cl)CC1CCCO1. The van der Waals surface area contributed by atoms with E-state index in [0.29, 0.717) is 6.10 Å². The smallest absolute Gasteiger partial charge is 0.0702 e. The zero-order chi connectivity index (χ0) is 13.0. The Morgan fingerprint density at radius 1 is 1.50 bits per heavy atom. The fourth-order valence-corrected chi connectivity index (χ4v) is 2.59. The maximum Gasteiger partial charge on any atom is 0.0702 e. The molecular formula is C14H21ClN2O. The molecule has 0 amide bonds. The van der Waals surface area contributed by atoms with E-state index in [0.717, 1.165) is 48.9 Å². The topological polar surface area (TPSA) is 38.5 Å². The van der Waals surface area contributed by atoms with Crippen molar-refractivity contribution < 1.29 is 4.74 Å². The average molecular weight is 269 g/mol. The normalized spacial score (nSPS) is 19.6. The monoisotopic (exact) mass is 268 g/mol. The summed E-state index contributed by atoms with van der Waals surface area (Å²) in [6.45, 7) is 5.78. The summed E-state index contributed by atoms with van der Waals surface area (Å²) in [6, 6.07) is 5.69. The van der Waals surface area contributed by atoms with Crippen molar-refractivity contribution in [2.24, 2.45) is 0 Å². The van der Waals surface area contributed by atoms with E-state index in [-0.39, 0.29) is 0 Å². The lowest BCUT2D eigenvalue weighted by Crippen LogP contribution is -2.32. The molecular weight excluding hydrogens is 248 g/mol. The number of hydrogen-bond donors (Lipinski definition) is 1. The van der Waals surface area contributed by atoms with Crippen LogP contribution in [0.25, 0.3) is 0 Å².